The molecule has 4 nitrogen and oxygen atoms in total. The Balaban J connectivity index is 1.69. The lowest BCUT2D eigenvalue weighted by atomic mass is 10.0. The van der Waals surface area contributed by atoms with Crippen LogP contribution in [0.4, 0.5) is 5.69 Å². The average Bonchev–Trinajstić information content (AvgIpc) is 3.18. The largest absolute Gasteiger partial charge is 0.447 e. The Kier molecular flexibility index (Phi) is 7.35. The fourth-order valence-electron chi connectivity index (χ4n) is 3.55. The summed E-state index contributed by atoms with van der Waals surface area (Å²) < 4.78 is 5.57. The van der Waals surface area contributed by atoms with Gasteiger partial charge in [0, 0.05) is 27.7 Å². The maximum absolute atomic E-state index is 12.9. The van der Waals surface area contributed by atoms with Crippen LogP contribution in [-0.4, -0.2) is 11.9 Å². The van der Waals surface area contributed by atoms with Crippen LogP contribution in [0.2, 0.25) is 10.0 Å². The van der Waals surface area contributed by atoms with Gasteiger partial charge in [0.15, 0.2) is 0 Å². The minimum atomic E-state index is -1.03. The molecular weight excluding hydrogens is 397 g/mol. The zero-order valence-corrected chi connectivity index (χ0v) is 17.0. The van der Waals surface area contributed by atoms with Gasteiger partial charge in [0.25, 0.3) is 5.91 Å². The van der Waals surface area contributed by atoms with Gasteiger partial charge in [-0.05, 0) is 30.5 Å². The van der Waals surface area contributed by atoms with E-state index in [0.717, 1.165) is 6.42 Å². The van der Waals surface area contributed by atoms with Crippen molar-refractivity contribution in [2.75, 3.05) is 5.32 Å². The van der Waals surface area contributed by atoms with Crippen LogP contribution in [-0.2, 0) is 14.3 Å². The number of hydrogen-bond donors (Lipinski definition) is 1. The number of anilines is 1. The van der Waals surface area contributed by atoms with E-state index >= 15 is 0 Å². The second kappa shape index (κ2) is 9.94. The first-order valence-corrected chi connectivity index (χ1v) is 10.3. The van der Waals surface area contributed by atoms with Gasteiger partial charge in [-0.25, -0.2) is 0 Å². The lowest BCUT2D eigenvalue weighted by Gasteiger charge is -2.19. The standard InChI is InChI=1S/C22H23Cl2NO3/c23-17-12-18(24)14-19(13-17)25-22(27)21(16-8-2-1-3-9-16)28-20(26)11-10-15-6-4-5-7-15/h1-3,8-9,12-15,21H,4-7,10-11H2,(H,25,27)/t21-/m0/s1. The molecule has 1 amide bonds. The van der Waals surface area contributed by atoms with Crippen LogP contribution in [0.5, 0.6) is 0 Å². The van der Waals surface area contributed by atoms with E-state index in [4.69, 9.17) is 27.9 Å². The molecule has 1 fully saturated rings. The highest BCUT2D eigenvalue weighted by molar-refractivity contribution is 6.35. The van der Waals surface area contributed by atoms with E-state index in [1.807, 2.05) is 6.07 Å². The van der Waals surface area contributed by atoms with Crippen LogP contribution in [0, 0.1) is 5.92 Å². The summed E-state index contributed by atoms with van der Waals surface area (Å²) in [5, 5.41) is 3.56. The molecule has 0 saturated heterocycles. The Morgan fingerprint density at radius 2 is 1.68 bits per heavy atom. The SMILES string of the molecule is O=C(CCC1CCCC1)O[C@H](C(=O)Nc1cc(Cl)cc(Cl)c1)c1ccccc1. The lowest BCUT2D eigenvalue weighted by molar-refractivity contribution is -0.155. The zero-order valence-electron chi connectivity index (χ0n) is 15.5. The zero-order chi connectivity index (χ0) is 19.9. The Labute approximate surface area is 175 Å². The molecule has 28 heavy (non-hydrogen) atoms. The maximum atomic E-state index is 12.9. The van der Waals surface area contributed by atoms with Gasteiger partial charge in [0.2, 0.25) is 6.10 Å². The molecule has 2 aromatic rings. The molecule has 0 heterocycles. The number of hydrogen-bond acceptors (Lipinski definition) is 3. The van der Waals surface area contributed by atoms with Crippen LogP contribution >= 0.6 is 23.2 Å². The van der Waals surface area contributed by atoms with E-state index < -0.39 is 12.0 Å². The van der Waals surface area contributed by atoms with Gasteiger partial charge >= 0.3 is 5.97 Å². The molecule has 1 aliphatic carbocycles. The van der Waals surface area contributed by atoms with E-state index in [1.54, 1.807) is 42.5 Å². The average molecular weight is 420 g/mol. The molecule has 148 valence electrons. The number of nitrogens with one attached hydrogen (secondary N) is 1. The Morgan fingerprint density at radius 3 is 2.32 bits per heavy atom. The third-order valence-electron chi connectivity index (χ3n) is 4.95. The van der Waals surface area contributed by atoms with Crippen molar-refractivity contribution in [3.63, 3.8) is 0 Å². The number of ether oxygens (including phenoxy) is 1. The molecule has 6 heteroatoms. The summed E-state index contributed by atoms with van der Waals surface area (Å²) in [7, 11) is 0. The van der Waals surface area contributed by atoms with E-state index in [2.05, 4.69) is 5.32 Å². The molecule has 1 atom stereocenters. The molecule has 1 aliphatic rings. The molecule has 3 rings (SSSR count). The third kappa shape index (κ3) is 5.98. The number of amides is 1. The number of halogens is 2. The maximum Gasteiger partial charge on any atom is 0.306 e. The quantitative estimate of drug-likeness (QED) is 0.544. The predicted octanol–water partition coefficient (Wildman–Crippen LogP) is 6.19. The van der Waals surface area contributed by atoms with Crippen molar-refractivity contribution < 1.29 is 14.3 Å². The summed E-state index contributed by atoms with van der Waals surface area (Å²) >= 11 is 12.0. The van der Waals surface area contributed by atoms with Crippen molar-refractivity contribution in [3.8, 4) is 0 Å². The highest BCUT2D eigenvalue weighted by Gasteiger charge is 2.26. The minimum Gasteiger partial charge on any atom is -0.447 e. The molecule has 0 bridgehead atoms. The highest BCUT2D eigenvalue weighted by Crippen LogP contribution is 2.29. The van der Waals surface area contributed by atoms with Crippen molar-refractivity contribution in [2.24, 2.45) is 5.92 Å². The predicted molar refractivity (Wildman–Crippen MR) is 112 cm³/mol. The van der Waals surface area contributed by atoms with Crippen molar-refractivity contribution in [3.05, 3.63) is 64.1 Å². The Hall–Kier alpha value is -2.04. The van der Waals surface area contributed by atoms with E-state index in [0.29, 0.717) is 33.6 Å². The normalized spacial score (nSPS) is 15.2. The lowest BCUT2D eigenvalue weighted by Crippen LogP contribution is -2.26. The van der Waals surface area contributed by atoms with Crippen LogP contribution in [0.15, 0.2) is 48.5 Å². The molecule has 0 radical (unpaired) electrons. The van der Waals surface area contributed by atoms with E-state index in [1.165, 1.54) is 25.7 Å². The number of rotatable bonds is 7. The van der Waals surface area contributed by atoms with Crippen LogP contribution in [0.25, 0.3) is 0 Å². The van der Waals surface area contributed by atoms with Crippen molar-refractivity contribution in [1.82, 2.24) is 0 Å². The summed E-state index contributed by atoms with van der Waals surface area (Å²) in [6.45, 7) is 0. The van der Waals surface area contributed by atoms with Crippen LogP contribution in [0.3, 0.4) is 0 Å². The van der Waals surface area contributed by atoms with Gasteiger partial charge < -0.3 is 10.1 Å². The summed E-state index contributed by atoms with van der Waals surface area (Å²) in [5.41, 5.74) is 1.06. The summed E-state index contributed by atoms with van der Waals surface area (Å²) in [4.78, 5) is 25.3. The first kappa shape index (κ1) is 20.7. The number of carbonyl (C=O) groups is 2. The summed E-state index contributed by atoms with van der Waals surface area (Å²) in [6.07, 6.45) is 4.91. The van der Waals surface area contributed by atoms with Gasteiger partial charge in [0.05, 0.1) is 0 Å². The number of carbonyl (C=O) groups excluding carboxylic acids is 2. The van der Waals surface area contributed by atoms with Gasteiger partial charge in [-0.1, -0.05) is 79.2 Å². The fourth-order valence-corrected chi connectivity index (χ4v) is 4.07. The van der Waals surface area contributed by atoms with Crippen LogP contribution < -0.4 is 5.32 Å². The van der Waals surface area contributed by atoms with Gasteiger partial charge in [-0.15, -0.1) is 0 Å². The van der Waals surface area contributed by atoms with E-state index in [9.17, 15) is 9.59 Å². The third-order valence-corrected chi connectivity index (χ3v) is 5.39. The molecule has 0 aliphatic heterocycles. The molecule has 2 aromatic carbocycles. The molecule has 0 aromatic heterocycles. The molecule has 1 N–H and O–H groups in total. The molecule has 0 spiro atoms. The van der Waals surface area contributed by atoms with Crippen molar-refractivity contribution in [2.45, 2.75) is 44.6 Å². The van der Waals surface area contributed by atoms with E-state index in [-0.39, 0.29) is 5.97 Å². The highest BCUT2D eigenvalue weighted by atomic mass is 35.5. The van der Waals surface area contributed by atoms with Gasteiger partial charge in [-0.3, -0.25) is 9.59 Å². The van der Waals surface area contributed by atoms with Gasteiger partial charge in [-0.2, -0.15) is 0 Å². The Bertz CT molecular complexity index is 800. The number of esters is 1. The Morgan fingerprint density at radius 1 is 1.04 bits per heavy atom. The number of benzene rings is 2. The summed E-state index contributed by atoms with van der Waals surface area (Å²) in [5.74, 6) is -0.219. The van der Waals surface area contributed by atoms with Crippen molar-refractivity contribution in [1.29, 1.82) is 0 Å². The first-order valence-electron chi connectivity index (χ1n) is 9.52. The molecule has 1 saturated carbocycles. The van der Waals surface area contributed by atoms with Gasteiger partial charge in [0.1, 0.15) is 0 Å². The van der Waals surface area contributed by atoms with Crippen molar-refractivity contribution >= 4 is 40.8 Å². The smallest absolute Gasteiger partial charge is 0.306 e. The topological polar surface area (TPSA) is 55.4 Å². The monoisotopic (exact) mass is 419 g/mol. The second-order valence-electron chi connectivity index (χ2n) is 7.12. The summed E-state index contributed by atoms with van der Waals surface area (Å²) in [6, 6.07) is 13.7. The second-order valence-corrected chi connectivity index (χ2v) is 7.99. The van der Waals surface area contributed by atoms with Crippen LogP contribution in [0.1, 0.15) is 50.2 Å². The molecule has 0 unspecified atom stereocenters. The first-order chi connectivity index (χ1) is 13.5. The fraction of sp³-hybridized carbons (Fsp3) is 0.364. The molecular formula is C22H23Cl2NO3. The minimum absolute atomic E-state index is 0.324.